The quantitative estimate of drug-likeness (QED) is 0.0893. The molecule has 2 aromatic carbocycles. The van der Waals surface area contributed by atoms with Crippen molar-refractivity contribution in [2.24, 2.45) is 5.92 Å². The van der Waals surface area contributed by atoms with E-state index in [0.717, 1.165) is 30.8 Å². The molecule has 1 saturated carbocycles. The van der Waals surface area contributed by atoms with Crippen molar-refractivity contribution in [1.29, 1.82) is 0 Å². The number of carbonyl (C=O) groups is 4. The number of nitrogens with zero attached hydrogens (tertiary/aromatic N) is 3. The number of hydrogen-bond acceptors (Lipinski definition) is 14. The Kier molecular flexibility index (Phi) is 15.0. The van der Waals surface area contributed by atoms with E-state index in [1.807, 2.05) is 44.4 Å². The van der Waals surface area contributed by atoms with Crippen LogP contribution in [0.4, 0.5) is 15.6 Å². The van der Waals surface area contributed by atoms with E-state index >= 15 is 0 Å². The van der Waals surface area contributed by atoms with Crippen LogP contribution < -0.4 is 35.5 Å². The monoisotopic (exact) mass is 958 g/mol. The molecular weight excluding hydrogens is 897 g/mol. The van der Waals surface area contributed by atoms with Crippen molar-refractivity contribution in [2.75, 3.05) is 30.8 Å². The van der Waals surface area contributed by atoms with Crippen LogP contribution in [0, 0.1) is 5.92 Å². The van der Waals surface area contributed by atoms with Gasteiger partial charge in [-0.15, -0.1) is 11.3 Å². The molecule has 2 fully saturated rings. The minimum atomic E-state index is -4.39. The number of methoxy groups -OCH3 is 1. The van der Waals surface area contributed by atoms with Crippen LogP contribution in [0.3, 0.4) is 0 Å². The molecule has 0 bridgehead atoms. The van der Waals surface area contributed by atoms with Crippen molar-refractivity contribution >= 4 is 66.9 Å². The van der Waals surface area contributed by atoms with Gasteiger partial charge in [0.15, 0.2) is 5.13 Å². The number of aromatic nitrogens is 2. The van der Waals surface area contributed by atoms with Crippen molar-refractivity contribution in [2.45, 2.75) is 133 Å². The highest BCUT2D eigenvalue weighted by Gasteiger charge is 2.61. The molecule has 5 N–H and O–H groups in total. The SMILES string of the molecule is CC[C@@H](CC(=O)N1C[C@H](Oc2cc(-c3csc(NC(C)C)n3)nc3cc(OC)ccc23)C[C@H]1C(=O)N[C@]12C[C@H]1/C=C\CCCCCNc1ccccc1S(=O)(=O)NC2=O)NC(=O)OC(C)(C)C. The highest BCUT2D eigenvalue weighted by atomic mass is 32.2. The lowest BCUT2D eigenvalue weighted by molar-refractivity contribution is -0.140. The first-order valence-electron chi connectivity index (χ1n) is 22.9. The second-order valence-electron chi connectivity index (χ2n) is 18.6. The number of nitrogens with one attached hydrogen (secondary N) is 5. The smallest absolute Gasteiger partial charge is 0.407 e. The Bertz CT molecular complexity index is 2610. The predicted octanol–water partition coefficient (Wildman–Crippen LogP) is 7.15. The zero-order chi connectivity index (χ0) is 48.1. The van der Waals surface area contributed by atoms with Crippen molar-refractivity contribution in [3.63, 3.8) is 0 Å². The van der Waals surface area contributed by atoms with Crippen LogP contribution in [0.15, 0.2) is 71.0 Å². The van der Waals surface area contributed by atoms with Gasteiger partial charge in [0.25, 0.3) is 15.9 Å². The number of anilines is 2. The third kappa shape index (κ3) is 12.0. The number of sulfonamides is 1. The van der Waals surface area contributed by atoms with Gasteiger partial charge in [0.2, 0.25) is 11.8 Å². The zero-order valence-electron chi connectivity index (χ0n) is 39.1. The Morgan fingerprint density at radius 1 is 1.04 bits per heavy atom. The fourth-order valence-electron chi connectivity index (χ4n) is 8.37. The van der Waals surface area contributed by atoms with Crippen LogP contribution in [0.5, 0.6) is 11.5 Å². The number of carbonyl (C=O) groups excluding carboxylic acids is 4. The Hall–Kier alpha value is -5.95. The summed E-state index contributed by atoms with van der Waals surface area (Å²) in [5, 5.41) is 15.5. The summed E-state index contributed by atoms with van der Waals surface area (Å²) >= 11 is 1.45. The number of rotatable bonds is 12. The summed E-state index contributed by atoms with van der Waals surface area (Å²) in [6.07, 6.45) is 6.19. The van der Waals surface area contributed by atoms with Gasteiger partial charge < -0.3 is 40.4 Å². The maximum Gasteiger partial charge on any atom is 0.407 e. The fraction of sp³-hybridized carbons (Fsp3) is 0.500. The lowest BCUT2D eigenvalue weighted by atomic mass is 10.1. The average molecular weight is 959 g/mol. The van der Waals surface area contributed by atoms with E-state index in [1.54, 1.807) is 64.3 Å². The molecule has 4 aromatic rings. The summed E-state index contributed by atoms with van der Waals surface area (Å²) in [6.45, 7) is 11.6. The second-order valence-corrected chi connectivity index (χ2v) is 21.1. The van der Waals surface area contributed by atoms with Gasteiger partial charge in [-0.1, -0.05) is 37.6 Å². The van der Waals surface area contributed by atoms with Gasteiger partial charge in [-0.05, 0) is 91.0 Å². The molecule has 3 aliphatic rings. The standard InChI is InChI=1S/C48H62N8O9S2/c1-8-31(51-46(60)65-47(4,5)6)22-42(57)56-27-33(64-40-25-37(38-28-66-45(53-38)50-29(2)3)52-36-23-32(63-7)19-20-34(36)40)24-39(56)43(58)54-48-26-30(48)16-12-10-9-11-15-21-49-35-17-13-14-18-41(35)67(61,62)55-44(48)59/h12-14,16-20,23,25,28-31,33,39,49H,8-11,15,21-22,24,26-27H2,1-7H3,(H,50,53)(H,51,60)(H,54,58)(H,55,59)/b16-12-/t30-,31+,33-,39+,48-/m1/s1. The molecule has 19 heteroatoms. The molecule has 5 atom stereocenters. The number of amides is 4. The number of thiazole rings is 1. The lowest BCUT2D eigenvalue weighted by Gasteiger charge is -2.28. The van der Waals surface area contributed by atoms with Gasteiger partial charge in [0.1, 0.15) is 45.4 Å². The minimum absolute atomic E-state index is 0.0189. The number of para-hydroxylation sites is 1. The molecule has 7 rings (SSSR count). The molecule has 0 unspecified atom stereocenters. The first-order chi connectivity index (χ1) is 31.9. The van der Waals surface area contributed by atoms with Gasteiger partial charge in [0.05, 0.1) is 30.6 Å². The summed E-state index contributed by atoms with van der Waals surface area (Å²) in [7, 11) is -2.82. The number of allylic oxidation sites excluding steroid dienone is 1. The van der Waals surface area contributed by atoms with Gasteiger partial charge in [0, 0.05) is 60.3 Å². The van der Waals surface area contributed by atoms with Crippen LogP contribution in [0.25, 0.3) is 22.3 Å². The largest absolute Gasteiger partial charge is 0.497 e. The summed E-state index contributed by atoms with van der Waals surface area (Å²) in [5.74, 6) is -1.44. The molecule has 360 valence electrons. The van der Waals surface area contributed by atoms with Gasteiger partial charge in [-0.2, -0.15) is 0 Å². The van der Waals surface area contributed by atoms with E-state index in [9.17, 15) is 27.6 Å². The van der Waals surface area contributed by atoms with Crippen LogP contribution in [0.1, 0.15) is 92.9 Å². The summed E-state index contributed by atoms with van der Waals surface area (Å²) < 4.78 is 47.8. The van der Waals surface area contributed by atoms with Gasteiger partial charge in [-0.25, -0.2) is 27.9 Å². The molecule has 1 aliphatic carbocycles. The van der Waals surface area contributed by atoms with Crippen LogP contribution in [0.2, 0.25) is 0 Å². The maximum absolute atomic E-state index is 14.8. The first kappa shape index (κ1) is 49.0. The summed E-state index contributed by atoms with van der Waals surface area (Å²) in [6, 6.07) is 12.0. The molecular formula is C48H62N8O9S2. The van der Waals surface area contributed by atoms with Crippen LogP contribution in [-0.2, 0) is 29.1 Å². The molecule has 0 spiro atoms. The Morgan fingerprint density at radius 2 is 1.84 bits per heavy atom. The third-order valence-corrected chi connectivity index (χ3v) is 14.0. The minimum Gasteiger partial charge on any atom is -0.497 e. The molecule has 0 radical (unpaired) electrons. The Morgan fingerprint density at radius 3 is 2.58 bits per heavy atom. The number of fused-ring (bicyclic) bond motifs is 3. The second kappa shape index (κ2) is 20.5. The molecule has 2 aliphatic heterocycles. The summed E-state index contributed by atoms with van der Waals surface area (Å²) in [5.41, 5.74) is -0.278. The van der Waals surface area contributed by atoms with Crippen molar-refractivity contribution in [1.82, 2.24) is 30.2 Å². The normalized spacial score (nSPS) is 22.7. The van der Waals surface area contributed by atoms with E-state index in [2.05, 4.69) is 26.0 Å². The van der Waals surface area contributed by atoms with E-state index in [0.29, 0.717) is 52.4 Å². The van der Waals surface area contributed by atoms with E-state index < -0.39 is 69.1 Å². The van der Waals surface area contributed by atoms with Gasteiger partial charge in [-0.3, -0.25) is 14.4 Å². The number of benzene rings is 2. The molecule has 4 heterocycles. The van der Waals surface area contributed by atoms with Crippen LogP contribution >= 0.6 is 11.3 Å². The summed E-state index contributed by atoms with van der Waals surface area (Å²) in [4.78, 5) is 67.5. The molecule has 17 nitrogen and oxygen atoms in total. The van der Waals surface area contributed by atoms with Crippen molar-refractivity contribution in [3.8, 4) is 22.9 Å². The maximum atomic E-state index is 14.8. The molecule has 67 heavy (non-hydrogen) atoms. The van der Waals surface area contributed by atoms with Crippen molar-refractivity contribution in [3.05, 3.63) is 66.1 Å². The van der Waals surface area contributed by atoms with Crippen LogP contribution in [-0.4, -0.2) is 103 Å². The average Bonchev–Trinajstić information content (AvgIpc) is 3.52. The highest BCUT2D eigenvalue weighted by molar-refractivity contribution is 7.90. The number of ether oxygens (including phenoxy) is 3. The first-order valence-corrected chi connectivity index (χ1v) is 25.3. The topological polar surface area (TPSA) is 219 Å². The number of likely N-dealkylation sites (tertiary alicyclic amines) is 1. The van der Waals surface area contributed by atoms with E-state index in [4.69, 9.17) is 24.2 Å². The zero-order valence-corrected chi connectivity index (χ0v) is 40.8. The number of alkyl carbamates (subject to hydrolysis) is 1. The fourth-order valence-corrected chi connectivity index (χ4v) is 10.4. The number of pyridine rings is 1. The predicted molar refractivity (Wildman–Crippen MR) is 258 cm³/mol. The molecule has 2 aromatic heterocycles. The van der Waals surface area contributed by atoms with E-state index in [-0.39, 0.29) is 36.7 Å². The highest BCUT2D eigenvalue weighted by Crippen LogP contribution is 2.46. The van der Waals surface area contributed by atoms with Gasteiger partial charge >= 0.3 is 6.09 Å². The Balaban J connectivity index is 1.20. The van der Waals surface area contributed by atoms with Crippen molar-refractivity contribution < 1.29 is 41.8 Å². The Labute approximate surface area is 396 Å². The third-order valence-electron chi connectivity index (χ3n) is 11.9. The number of hydrogen-bond donors (Lipinski definition) is 5. The van der Waals surface area contributed by atoms with E-state index in [1.165, 1.54) is 22.3 Å². The molecule has 4 amide bonds. The molecule has 1 saturated heterocycles. The lowest BCUT2D eigenvalue weighted by Crippen LogP contribution is -2.56.